The van der Waals surface area contributed by atoms with Crippen molar-refractivity contribution >= 4 is 5.57 Å². The van der Waals surface area contributed by atoms with E-state index in [0.29, 0.717) is 24.7 Å². The number of aromatic nitrogens is 1. The van der Waals surface area contributed by atoms with Crippen LogP contribution in [0.2, 0.25) is 0 Å². The first kappa shape index (κ1) is 9.94. The molecule has 1 aliphatic heterocycles. The summed E-state index contributed by atoms with van der Waals surface area (Å²) in [5.41, 5.74) is 2.46. The molecule has 1 saturated heterocycles. The lowest BCUT2D eigenvalue weighted by atomic mass is 10.0. The Balaban J connectivity index is 2.34. The van der Waals surface area contributed by atoms with E-state index in [1.165, 1.54) is 0 Å². The van der Waals surface area contributed by atoms with Crippen molar-refractivity contribution in [3.8, 4) is 6.07 Å². The molecule has 78 valence electrons. The molecule has 4 heteroatoms. The van der Waals surface area contributed by atoms with Crippen molar-refractivity contribution in [2.45, 2.75) is 19.8 Å². The Morgan fingerprint density at radius 3 is 2.73 bits per heavy atom. The van der Waals surface area contributed by atoms with Crippen LogP contribution in [0.1, 0.15) is 24.4 Å². The summed E-state index contributed by atoms with van der Waals surface area (Å²) in [6, 6.07) is 2.17. The lowest BCUT2D eigenvalue weighted by Gasteiger charge is -2.15. The molecule has 0 unspecified atom stereocenters. The maximum absolute atomic E-state index is 9.09. The van der Waals surface area contributed by atoms with Gasteiger partial charge in [0.2, 0.25) is 5.89 Å². The first-order valence-electron chi connectivity index (χ1n) is 4.93. The number of allylic oxidation sites excluding steroid dienone is 1. The Labute approximate surface area is 88.2 Å². The molecule has 0 aliphatic carbocycles. The maximum Gasteiger partial charge on any atom is 0.236 e. The average molecular weight is 204 g/mol. The van der Waals surface area contributed by atoms with Crippen LogP contribution in [-0.4, -0.2) is 18.2 Å². The number of ether oxygens (including phenoxy) is 1. The van der Waals surface area contributed by atoms with Gasteiger partial charge in [-0.05, 0) is 25.3 Å². The van der Waals surface area contributed by atoms with Crippen LogP contribution in [0, 0.1) is 18.3 Å². The lowest BCUT2D eigenvalue weighted by molar-refractivity contribution is 0.119. The fourth-order valence-electron chi connectivity index (χ4n) is 1.61. The molecule has 0 amide bonds. The summed E-state index contributed by atoms with van der Waals surface area (Å²) in [6.45, 7) is 3.21. The van der Waals surface area contributed by atoms with Crippen LogP contribution in [0.5, 0.6) is 0 Å². The summed E-state index contributed by atoms with van der Waals surface area (Å²) in [7, 11) is 0. The Bertz CT molecular complexity index is 418. The quantitative estimate of drug-likeness (QED) is 0.657. The van der Waals surface area contributed by atoms with Gasteiger partial charge in [-0.1, -0.05) is 0 Å². The van der Waals surface area contributed by atoms with Crippen molar-refractivity contribution < 1.29 is 9.15 Å². The highest BCUT2D eigenvalue weighted by molar-refractivity contribution is 5.74. The van der Waals surface area contributed by atoms with Crippen LogP contribution in [0.25, 0.3) is 5.57 Å². The summed E-state index contributed by atoms with van der Waals surface area (Å²) in [5, 5.41) is 9.09. The number of aryl methyl sites for hydroxylation is 1. The van der Waals surface area contributed by atoms with Gasteiger partial charge in [0.15, 0.2) is 0 Å². The van der Waals surface area contributed by atoms with Crippen molar-refractivity contribution in [3.63, 3.8) is 0 Å². The van der Waals surface area contributed by atoms with Gasteiger partial charge in [-0.3, -0.25) is 0 Å². The predicted molar refractivity (Wildman–Crippen MR) is 53.8 cm³/mol. The second-order valence-corrected chi connectivity index (χ2v) is 3.50. The van der Waals surface area contributed by atoms with E-state index in [4.69, 9.17) is 14.4 Å². The zero-order chi connectivity index (χ0) is 10.7. The minimum absolute atomic E-state index is 0.437. The summed E-state index contributed by atoms with van der Waals surface area (Å²) in [4.78, 5) is 4.17. The van der Waals surface area contributed by atoms with Crippen LogP contribution >= 0.6 is 0 Å². The van der Waals surface area contributed by atoms with Gasteiger partial charge >= 0.3 is 0 Å². The SMILES string of the molecule is Cc1coc(C(C#N)=C2CCOCC2)n1. The lowest BCUT2D eigenvalue weighted by Crippen LogP contribution is -2.09. The van der Waals surface area contributed by atoms with Crippen LogP contribution in [0.3, 0.4) is 0 Å². The van der Waals surface area contributed by atoms with E-state index in [1.807, 2.05) is 6.92 Å². The van der Waals surface area contributed by atoms with Crippen LogP contribution < -0.4 is 0 Å². The number of rotatable bonds is 1. The molecule has 0 spiro atoms. The molecule has 0 N–H and O–H groups in total. The molecule has 1 fully saturated rings. The molecule has 15 heavy (non-hydrogen) atoms. The van der Waals surface area contributed by atoms with Crippen molar-refractivity contribution in [2.24, 2.45) is 0 Å². The van der Waals surface area contributed by atoms with E-state index in [1.54, 1.807) is 6.26 Å². The highest BCUT2D eigenvalue weighted by Gasteiger charge is 2.16. The second kappa shape index (κ2) is 4.28. The molecule has 0 bridgehead atoms. The van der Waals surface area contributed by atoms with Crippen LogP contribution in [0.15, 0.2) is 16.3 Å². The third kappa shape index (κ3) is 2.08. The van der Waals surface area contributed by atoms with Crippen molar-refractivity contribution in [1.29, 1.82) is 5.26 Å². The molecule has 4 nitrogen and oxygen atoms in total. The molecular formula is C11H12N2O2. The zero-order valence-electron chi connectivity index (χ0n) is 8.62. The number of hydrogen-bond acceptors (Lipinski definition) is 4. The van der Waals surface area contributed by atoms with Crippen LogP contribution in [0.4, 0.5) is 0 Å². The smallest absolute Gasteiger partial charge is 0.236 e. The monoisotopic (exact) mass is 204 g/mol. The van der Waals surface area contributed by atoms with E-state index in [0.717, 1.165) is 24.1 Å². The molecule has 2 heterocycles. The number of hydrogen-bond donors (Lipinski definition) is 0. The normalized spacial score (nSPS) is 16.1. The van der Waals surface area contributed by atoms with Crippen molar-refractivity contribution in [3.05, 3.63) is 23.4 Å². The third-order valence-electron chi connectivity index (χ3n) is 2.39. The van der Waals surface area contributed by atoms with Gasteiger partial charge in [-0.2, -0.15) is 5.26 Å². The van der Waals surface area contributed by atoms with Gasteiger partial charge in [0.05, 0.1) is 18.9 Å². The van der Waals surface area contributed by atoms with Gasteiger partial charge in [0, 0.05) is 0 Å². The maximum atomic E-state index is 9.09. The standard InChI is InChI=1S/C11H12N2O2/c1-8-7-15-11(13-8)10(6-12)9-2-4-14-5-3-9/h7H,2-5H2,1H3. The number of nitrogens with zero attached hydrogens (tertiary/aromatic N) is 2. The van der Waals surface area contributed by atoms with Gasteiger partial charge in [-0.15, -0.1) is 0 Å². The average Bonchev–Trinajstić information content (AvgIpc) is 2.68. The molecule has 2 rings (SSSR count). The van der Waals surface area contributed by atoms with Gasteiger partial charge in [0.1, 0.15) is 17.9 Å². The second-order valence-electron chi connectivity index (χ2n) is 3.50. The number of oxazole rings is 1. The molecule has 1 aliphatic rings. The summed E-state index contributed by atoms with van der Waals surface area (Å²) in [6.07, 6.45) is 3.15. The van der Waals surface area contributed by atoms with E-state index < -0.39 is 0 Å². The Morgan fingerprint density at radius 2 is 2.20 bits per heavy atom. The molecule has 0 saturated carbocycles. The minimum Gasteiger partial charge on any atom is -0.444 e. The predicted octanol–water partition coefficient (Wildman–Crippen LogP) is 2.07. The highest BCUT2D eigenvalue weighted by atomic mass is 16.5. The summed E-state index contributed by atoms with van der Waals surface area (Å²) in [5.74, 6) is 0.437. The zero-order valence-corrected chi connectivity index (χ0v) is 8.62. The van der Waals surface area contributed by atoms with Gasteiger partial charge in [0.25, 0.3) is 0 Å². The molecule has 1 aromatic rings. The largest absolute Gasteiger partial charge is 0.444 e. The van der Waals surface area contributed by atoms with Gasteiger partial charge in [-0.25, -0.2) is 4.98 Å². The third-order valence-corrected chi connectivity index (χ3v) is 2.39. The van der Waals surface area contributed by atoms with Crippen LogP contribution in [-0.2, 0) is 4.74 Å². The highest BCUT2D eigenvalue weighted by Crippen LogP contribution is 2.24. The first-order chi connectivity index (χ1) is 7.31. The minimum atomic E-state index is 0.437. The summed E-state index contributed by atoms with van der Waals surface area (Å²) >= 11 is 0. The van der Waals surface area contributed by atoms with E-state index >= 15 is 0 Å². The molecule has 0 aromatic carbocycles. The topological polar surface area (TPSA) is 59.0 Å². The Hall–Kier alpha value is -1.60. The molecule has 0 radical (unpaired) electrons. The van der Waals surface area contributed by atoms with Crippen molar-refractivity contribution in [1.82, 2.24) is 4.98 Å². The van der Waals surface area contributed by atoms with Crippen molar-refractivity contribution in [2.75, 3.05) is 13.2 Å². The van der Waals surface area contributed by atoms with E-state index in [-0.39, 0.29) is 0 Å². The Morgan fingerprint density at radius 1 is 1.47 bits per heavy atom. The van der Waals surface area contributed by atoms with E-state index in [9.17, 15) is 0 Å². The molecule has 1 aromatic heterocycles. The molecular weight excluding hydrogens is 192 g/mol. The Kier molecular flexibility index (Phi) is 2.84. The van der Waals surface area contributed by atoms with Gasteiger partial charge < -0.3 is 9.15 Å². The molecule has 0 atom stereocenters. The number of nitriles is 1. The first-order valence-corrected chi connectivity index (χ1v) is 4.93. The fourth-order valence-corrected chi connectivity index (χ4v) is 1.61. The fraction of sp³-hybridized carbons (Fsp3) is 0.455. The van der Waals surface area contributed by atoms with E-state index in [2.05, 4.69) is 11.1 Å². The summed E-state index contributed by atoms with van der Waals surface area (Å²) < 4.78 is 10.5.